The highest BCUT2D eigenvalue weighted by atomic mass is 127. The lowest BCUT2D eigenvalue weighted by atomic mass is 10.2. The highest BCUT2D eigenvalue weighted by Gasteiger charge is 1.97. The summed E-state index contributed by atoms with van der Waals surface area (Å²) in [4.78, 5) is 6.50. The quantitative estimate of drug-likeness (QED) is 0.369. The molecule has 0 aliphatic heterocycles. The van der Waals surface area contributed by atoms with Crippen LogP contribution in [0, 0.1) is 16.7 Å². The molecular weight excluding hydrogens is 439 g/mol. The minimum absolute atomic E-state index is 0.197. The summed E-state index contributed by atoms with van der Waals surface area (Å²) < 4.78 is 6.83. The lowest BCUT2D eigenvalue weighted by molar-refractivity contribution is 0.306. The van der Waals surface area contributed by atoms with Crippen LogP contribution in [-0.2, 0) is 6.61 Å². The van der Waals surface area contributed by atoms with E-state index in [1.807, 2.05) is 36.4 Å². The van der Waals surface area contributed by atoms with Crippen molar-refractivity contribution in [2.24, 2.45) is 0 Å². The monoisotopic (exact) mass is 454 g/mol. The summed E-state index contributed by atoms with van der Waals surface area (Å²) >= 11 is 2.26. The SMILES string of the molecule is [C-]#[N+]c1ccc(COc2ccc(I)cc2)cc1.[C-]#[N+]c1ccc(O)cc1. The third-order valence-electron chi connectivity index (χ3n) is 3.26. The Kier molecular flexibility index (Phi) is 7.48. The largest absolute Gasteiger partial charge is 0.508 e. The number of rotatable bonds is 3. The van der Waals surface area contributed by atoms with Gasteiger partial charge in [-0.05, 0) is 64.6 Å². The molecule has 3 rings (SSSR count). The van der Waals surface area contributed by atoms with Crippen molar-refractivity contribution in [3.8, 4) is 11.5 Å². The smallest absolute Gasteiger partial charge is 0.187 e. The summed E-state index contributed by atoms with van der Waals surface area (Å²) in [6.45, 7) is 13.9. The van der Waals surface area contributed by atoms with E-state index in [0.29, 0.717) is 18.0 Å². The van der Waals surface area contributed by atoms with Gasteiger partial charge in [-0.1, -0.05) is 36.4 Å². The summed E-state index contributed by atoms with van der Waals surface area (Å²) in [6, 6.07) is 21.5. The van der Waals surface area contributed by atoms with E-state index in [1.54, 1.807) is 24.3 Å². The molecule has 0 saturated heterocycles. The molecule has 1 N–H and O–H groups in total. The average Bonchev–Trinajstić information content (AvgIpc) is 2.69. The van der Waals surface area contributed by atoms with Gasteiger partial charge in [0.2, 0.25) is 0 Å². The predicted octanol–water partition coefficient (Wildman–Crippen LogP) is 6.36. The Morgan fingerprint density at radius 2 is 1.27 bits per heavy atom. The van der Waals surface area contributed by atoms with E-state index in [2.05, 4.69) is 32.3 Å². The van der Waals surface area contributed by atoms with Gasteiger partial charge in [0.1, 0.15) is 18.1 Å². The molecule has 0 unspecified atom stereocenters. The van der Waals surface area contributed by atoms with Crippen molar-refractivity contribution in [3.05, 3.63) is 105 Å². The van der Waals surface area contributed by atoms with Crippen LogP contribution in [0.2, 0.25) is 0 Å². The second-order valence-electron chi connectivity index (χ2n) is 5.15. The summed E-state index contributed by atoms with van der Waals surface area (Å²) in [5.74, 6) is 1.06. The molecule has 0 saturated carbocycles. The number of hydrogen-bond acceptors (Lipinski definition) is 2. The summed E-state index contributed by atoms with van der Waals surface area (Å²) in [5, 5.41) is 8.75. The van der Waals surface area contributed by atoms with E-state index in [0.717, 1.165) is 11.3 Å². The van der Waals surface area contributed by atoms with Crippen LogP contribution in [0.1, 0.15) is 5.56 Å². The Labute approximate surface area is 166 Å². The molecule has 0 fully saturated rings. The molecule has 128 valence electrons. The standard InChI is InChI=1S/C14H10INO.C7H5NO/c1-16-13-6-2-11(3-7-13)10-17-14-8-4-12(15)5-9-14;1-8-6-2-4-7(9)5-3-6/h2-9H,10H2;2-5,9H. The van der Waals surface area contributed by atoms with Crippen LogP contribution >= 0.6 is 22.6 Å². The molecule has 0 atom stereocenters. The first kappa shape index (κ1) is 19.3. The molecule has 0 aliphatic rings. The molecule has 0 spiro atoms. The number of aromatic hydroxyl groups is 1. The first-order chi connectivity index (χ1) is 12.6. The molecule has 0 bridgehead atoms. The Morgan fingerprint density at radius 1 is 0.769 bits per heavy atom. The van der Waals surface area contributed by atoms with Gasteiger partial charge in [-0.2, -0.15) is 0 Å². The number of phenolic OH excluding ortho intramolecular Hbond substituents is 1. The van der Waals surface area contributed by atoms with Crippen LogP contribution in [0.5, 0.6) is 11.5 Å². The number of ether oxygens (including phenoxy) is 1. The highest BCUT2D eigenvalue weighted by Crippen LogP contribution is 2.17. The molecule has 0 amide bonds. The van der Waals surface area contributed by atoms with Gasteiger partial charge in [0.05, 0.1) is 13.1 Å². The van der Waals surface area contributed by atoms with Crippen LogP contribution in [-0.4, -0.2) is 5.11 Å². The lowest BCUT2D eigenvalue weighted by Gasteiger charge is -2.06. The maximum Gasteiger partial charge on any atom is 0.187 e. The minimum Gasteiger partial charge on any atom is -0.508 e. The molecule has 5 heteroatoms. The first-order valence-corrected chi connectivity index (χ1v) is 8.70. The van der Waals surface area contributed by atoms with Crippen molar-refractivity contribution >= 4 is 34.0 Å². The molecule has 0 heterocycles. The van der Waals surface area contributed by atoms with Gasteiger partial charge in [0, 0.05) is 3.57 Å². The van der Waals surface area contributed by atoms with Gasteiger partial charge in [-0.3, -0.25) is 0 Å². The normalized spacial score (nSPS) is 9.19. The Bertz CT molecular complexity index is 907. The first-order valence-electron chi connectivity index (χ1n) is 7.62. The van der Waals surface area contributed by atoms with E-state index in [9.17, 15) is 0 Å². The fourth-order valence-corrected chi connectivity index (χ4v) is 2.25. The average molecular weight is 454 g/mol. The Hall–Kier alpha value is -3.03. The van der Waals surface area contributed by atoms with Crippen molar-refractivity contribution in [1.82, 2.24) is 0 Å². The zero-order valence-corrected chi connectivity index (χ0v) is 15.9. The van der Waals surface area contributed by atoms with E-state index in [4.69, 9.17) is 23.0 Å². The number of hydrogen-bond donors (Lipinski definition) is 1. The van der Waals surface area contributed by atoms with E-state index >= 15 is 0 Å². The maximum absolute atomic E-state index is 8.75. The summed E-state index contributed by atoms with van der Waals surface area (Å²) in [7, 11) is 0. The molecule has 0 aromatic heterocycles. The fraction of sp³-hybridized carbons (Fsp3) is 0.0476. The second-order valence-corrected chi connectivity index (χ2v) is 6.39. The van der Waals surface area contributed by atoms with Gasteiger partial charge in [-0.25, -0.2) is 9.69 Å². The second kappa shape index (κ2) is 10.1. The van der Waals surface area contributed by atoms with Gasteiger partial charge in [-0.15, -0.1) is 0 Å². The minimum atomic E-state index is 0.197. The van der Waals surface area contributed by atoms with Crippen molar-refractivity contribution in [3.63, 3.8) is 0 Å². The number of benzene rings is 3. The summed E-state index contributed by atoms with van der Waals surface area (Å²) in [5.41, 5.74) is 2.27. The third kappa shape index (κ3) is 6.46. The van der Waals surface area contributed by atoms with Crippen molar-refractivity contribution in [2.75, 3.05) is 0 Å². The van der Waals surface area contributed by atoms with E-state index in [1.165, 1.54) is 15.7 Å². The van der Waals surface area contributed by atoms with Gasteiger partial charge >= 0.3 is 0 Å². The van der Waals surface area contributed by atoms with Crippen LogP contribution in [0.25, 0.3) is 9.69 Å². The van der Waals surface area contributed by atoms with Gasteiger partial charge < -0.3 is 9.84 Å². The van der Waals surface area contributed by atoms with Crippen molar-refractivity contribution in [1.29, 1.82) is 0 Å². The Morgan fingerprint density at radius 3 is 1.77 bits per heavy atom. The number of nitrogens with zero attached hydrogens (tertiary/aromatic N) is 2. The topological polar surface area (TPSA) is 38.2 Å². The zero-order chi connectivity index (χ0) is 18.8. The Balaban J connectivity index is 0.000000228. The van der Waals surface area contributed by atoms with Crippen LogP contribution in [0.3, 0.4) is 0 Å². The molecule has 26 heavy (non-hydrogen) atoms. The van der Waals surface area contributed by atoms with E-state index < -0.39 is 0 Å². The lowest BCUT2D eigenvalue weighted by Crippen LogP contribution is -1.94. The van der Waals surface area contributed by atoms with Gasteiger partial charge in [0.15, 0.2) is 11.4 Å². The molecule has 0 radical (unpaired) electrons. The zero-order valence-electron chi connectivity index (χ0n) is 13.8. The fourth-order valence-electron chi connectivity index (χ4n) is 1.89. The van der Waals surface area contributed by atoms with Gasteiger partial charge in [0.25, 0.3) is 0 Å². The molecule has 0 aliphatic carbocycles. The highest BCUT2D eigenvalue weighted by molar-refractivity contribution is 14.1. The molecular formula is C21H15IN2O2. The van der Waals surface area contributed by atoms with Crippen LogP contribution in [0.15, 0.2) is 72.8 Å². The summed E-state index contributed by atoms with van der Waals surface area (Å²) in [6.07, 6.45) is 0. The molecule has 3 aromatic carbocycles. The third-order valence-corrected chi connectivity index (χ3v) is 3.98. The molecule has 4 nitrogen and oxygen atoms in total. The maximum atomic E-state index is 8.75. The van der Waals surface area contributed by atoms with Crippen LogP contribution < -0.4 is 4.74 Å². The van der Waals surface area contributed by atoms with E-state index in [-0.39, 0.29) is 5.75 Å². The number of halogens is 1. The van der Waals surface area contributed by atoms with Crippen molar-refractivity contribution < 1.29 is 9.84 Å². The van der Waals surface area contributed by atoms with Crippen molar-refractivity contribution in [2.45, 2.75) is 6.61 Å². The predicted molar refractivity (Wildman–Crippen MR) is 111 cm³/mol. The van der Waals surface area contributed by atoms with Crippen LogP contribution in [0.4, 0.5) is 11.4 Å². The molecule has 3 aromatic rings. The number of phenols is 1.